The number of nitrogens with zero attached hydrogens (tertiary/aromatic N) is 2. The van der Waals surface area contributed by atoms with E-state index in [1.54, 1.807) is 23.1 Å². The fourth-order valence-corrected chi connectivity index (χ4v) is 3.34. The summed E-state index contributed by atoms with van der Waals surface area (Å²) in [6.45, 7) is 3.06. The van der Waals surface area contributed by atoms with Crippen molar-refractivity contribution < 1.29 is 13.2 Å². The third-order valence-corrected chi connectivity index (χ3v) is 5.13. The molecule has 1 amide bonds. The predicted molar refractivity (Wildman–Crippen MR) is 84.2 cm³/mol. The van der Waals surface area contributed by atoms with Gasteiger partial charge in [0.25, 0.3) is 0 Å². The van der Waals surface area contributed by atoms with Gasteiger partial charge in [-0.3, -0.25) is 9.10 Å². The first kappa shape index (κ1) is 16.1. The first-order valence-corrected chi connectivity index (χ1v) is 9.03. The Labute approximate surface area is 130 Å². The summed E-state index contributed by atoms with van der Waals surface area (Å²) in [4.78, 5) is 13.9. The zero-order chi connectivity index (χ0) is 15.6. The Morgan fingerprint density at radius 1 is 1.33 bits per heavy atom. The number of hydrogen-bond acceptors (Lipinski definition) is 3. The Hall–Kier alpha value is -1.27. The van der Waals surface area contributed by atoms with Crippen LogP contribution in [0.2, 0.25) is 5.02 Å². The number of hydrogen-bond donors (Lipinski definition) is 0. The van der Waals surface area contributed by atoms with Gasteiger partial charge in [0.1, 0.15) is 6.54 Å². The van der Waals surface area contributed by atoms with Crippen molar-refractivity contribution in [3.05, 3.63) is 28.8 Å². The fraction of sp³-hybridized carbons (Fsp3) is 0.500. The maximum absolute atomic E-state index is 12.2. The van der Waals surface area contributed by atoms with Gasteiger partial charge in [0.05, 0.1) is 11.9 Å². The highest BCUT2D eigenvalue weighted by Gasteiger charge is 2.25. The molecule has 0 aliphatic carbocycles. The standard InChI is InChI=1S/C14H19ClN2O3S/c1-11-5-6-12(9-13(11)15)17(21(2,19)20)10-14(18)16-7-3-4-8-16/h5-6,9H,3-4,7-8,10H2,1-2H3. The number of carbonyl (C=O) groups excluding carboxylic acids is 1. The lowest BCUT2D eigenvalue weighted by atomic mass is 10.2. The summed E-state index contributed by atoms with van der Waals surface area (Å²) in [7, 11) is -3.55. The molecule has 7 heteroatoms. The van der Waals surface area contributed by atoms with E-state index in [0.29, 0.717) is 23.8 Å². The van der Waals surface area contributed by atoms with Crippen LogP contribution in [0.15, 0.2) is 18.2 Å². The van der Waals surface area contributed by atoms with E-state index in [2.05, 4.69) is 0 Å². The second kappa shape index (κ2) is 6.23. The van der Waals surface area contributed by atoms with E-state index in [-0.39, 0.29) is 12.5 Å². The van der Waals surface area contributed by atoms with Gasteiger partial charge in [-0.25, -0.2) is 8.42 Å². The molecule has 116 valence electrons. The molecule has 1 heterocycles. The normalized spacial score (nSPS) is 15.3. The molecule has 1 fully saturated rings. The Kier molecular flexibility index (Phi) is 4.78. The molecule has 0 saturated carbocycles. The predicted octanol–water partition coefficient (Wildman–Crippen LogP) is 2.04. The van der Waals surface area contributed by atoms with E-state index in [1.165, 1.54) is 0 Å². The van der Waals surface area contributed by atoms with Crippen molar-refractivity contribution in [3.8, 4) is 0 Å². The molecule has 2 rings (SSSR count). The van der Waals surface area contributed by atoms with Gasteiger partial charge >= 0.3 is 0 Å². The number of benzene rings is 1. The van der Waals surface area contributed by atoms with Crippen LogP contribution in [-0.4, -0.2) is 45.1 Å². The molecule has 0 N–H and O–H groups in total. The minimum absolute atomic E-state index is 0.172. The van der Waals surface area contributed by atoms with Gasteiger partial charge in [-0.2, -0.15) is 0 Å². The van der Waals surface area contributed by atoms with Crippen LogP contribution in [0.3, 0.4) is 0 Å². The number of sulfonamides is 1. The minimum Gasteiger partial charge on any atom is -0.341 e. The average molecular weight is 331 g/mol. The summed E-state index contributed by atoms with van der Waals surface area (Å²) in [6, 6.07) is 4.99. The zero-order valence-corrected chi connectivity index (χ0v) is 13.7. The van der Waals surface area contributed by atoms with Gasteiger partial charge < -0.3 is 4.90 Å². The van der Waals surface area contributed by atoms with E-state index in [9.17, 15) is 13.2 Å². The molecule has 1 aliphatic rings. The minimum atomic E-state index is -3.55. The van der Waals surface area contributed by atoms with E-state index in [1.807, 2.05) is 6.92 Å². The highest BCUT2D eigenvalue weighted by atomic mass is 35.5. The number of amides is 1. The van der Waals surface area contributed by atoms with Gasteiger partial charge in [0.15, 0.2) is 0 Å². The summed E-state index contributed by atoms with van der Waals surface area (Å²) in [5.41, 5.74) is 1.28. The molecule has 0 unspecified atom stereocenters. The summed E-state index contributed by atoms with van der Waals surface area (Å²) >= 11 is 6.05. The molecule has 0 atom stereocenters. The van der Waals surface area contributed by atoms with Crippen LogP contribution in [0.4, 0.5) is 5.69 Å². The van der Waals surface area contributed by atoms with Gasteiger partial charge in [0.2, 0.25) is 15.9 Å². The molecule has 1 aromatic rings. The zero-order valence-electron chi connectivity index (χ0n) is 12.2. The Morgan fingerprint density at radius 3 is 2.48 bits per heavy atom. The Morgan fingerprint density at radius 2 is 1.95 bits per heavy atom. The fourth-order valence-electron chi connectivity index (χ4n) is 2.33. The van der Waals surface area contributed by atoms with E-state index in [0.717, 1.165) is 29.0 Å². The highest BCUT2D eigenvalue weighted by molar-refractivity contribution is 7.92. The van der Waals surface area contributed by atoms with Crippen LogP contribution in [0, 0.1) is 6.92 Å². The van der Waals surface area contributed by atoms with Crippen molar-refractivity contribution in [2.75, 3.05) is 30.2 Å². The van der Waals surface area contributed by atoms with E-state index >= 15 is 0 Å². The lowest BCUT2D eigenvalue weighted by Crippen LogP contribution is -2.41. The summed E-state index contributed by atoms with van der Waals surface area (Å²) < 4.78 is 25.1. The highest BCUT2D eigenvalue weighted by Crippen LogP contribution is 2.25. The molecular weight excluding hydrogens is 312 g/mol. The molecule has 0 aromatic heterocycles. The molecule has 1 aliphatic heterocycles. The van der Waals surface area contributed by atoms with Crippen molar-refractivity contribution in [2.45, 2.75) is 19.8 Å². The number of likely N-dealkylation sites (tertiary alicyclic amines) is 1. The third kappa shape index (κ3) is 3.89. The molecule has 0 bridgehead atoms. The van der Waals surface area contributed by atoms with E-state index in [4.69, 9.17) is 11.6 Å². The lowest BCUT2D eigenvalue weighted by molar-refractivity contribution is -0.128. The number of anilines is 1. The maximum atomic E-state index is 12.2. The summed E-state index contributed by atoms with van der Waals surface area (Å²) in [5, 5.41) is 0.481. The molecule has 5 nitrogen and oxygen atoms in total. The molecular formula is C14H19ClN2O3S. The van der Waals surface area contributed by atoms with Crippen molar-refractivity contribution in [1.82, 2.24) is 4.90 Å². The molecule has 1 saturated heterocycles. The Bertz CT molecular complexity index is 640. The number of carbonyl (C=O) groups is 1. The third-order valence-electron chi connectivity index (χ3n) is 3.58. The largest absolute Gasteiger partial charge is 0.341 e. The summed E-state index contributed by atoms with van der Waals surface area (Å²) in [5.74, 6) is -0.172. The molecule has 0 spiro atoms. The quantitative estimate of drug-likeness (QED) is 0.849. The second-order valence-corrected chi connectivity index (χ2v) is 7.61. The van der Waals surface area contributed by atoms with Crippen LogP contribution in [0.25, 0.3) is 0 Å². The smallest absolute Gasteiger partial charge is 0.243 e. The maximum Gasteiger partial charge on any atom is 0.243 e. The molecule has 1 aromatic carbocycles. The molecule has 21 heavy (non-hydrogen) atoms. The average Bonchev–Trinajstić information content (AvgIpc) is 2.92. The van der Waals surface area contributed by atoms with Crippen LogP contribution < -0.4 is 4.31 Å². The van der Waals surface area contributed by atoms with Gasteiger partial charge in [0, 0.05) is 18.1 Å². The van der Waals surface area contributed by atoms with Gasteiger partial charge in [-0.1, -0.05) is 17.7 Å². The van der Waals surface area contributed by atoms with Gasteiger partial charge in [-0.05, 0) is 37.5 Å². The van der Waals surface area contributed by atoms with Crippen LogP contribution >= 0.6 is 11.6 Å². The van der Waals surface area contributed by atoms with Crippen molar-refractivity contribution in [1.29, 1.82) is 0 Å². The first-order valence-electron chi connectivity index (χ1n) is 6.80. The lowest BCUT2D eigenvalue weighted by Gasteiger charge is -2.25. The molecule has 0 radical (unpaired) electrons. The SMILES string of the molecule is Cc1ccc(N(CC(=O)N2CCCC2)S(C)(=O)=O)cc1Cl. The van der Waals surface area contributed by atoms with Crippen molar-refractivity contribution >= 4 is 33.2 Å². The monoisotopic (exact) mass is 330 g/mol. The second-order valence-electron chi connectivity index (χ2n) is 5.29. The topological polar surface area (TPSA) is 57.7 Å². The van der Waals surface area contributed by atoms with Crippen molar-refractivity contribution in [2.24, 2.45) is 0 Å². The Balaban J connectivity index is 2.26. The van der Waals surface area contributed by atoms with Crippen molar-refractivity contribution in [3.63, 3.8) is 0 Å². The number of rotatable bonds is 4. The first-order chi connectivity index (χ1) is 9.79. The van der Waals surface area contributed by atoms with Crippen LogP contribution in [0.5, 0.6) is 0 Å². The van der Waals surface area contributed by atoms with E-state index < -0.39 is 10.0 Å². The summed E-state index contributed by atoms with van der Waals surface area (Å²) in [6.07, 6.45) is 3.04. The number of aryl methyl sites for hydroxylation is 1. The number of halogens is 1. The van der Waals surface area contributed by atoms with Crippen LogP contribution in [0.1, 0.15) is 18.4 Å². The van der Waals surface area contributed by atoms with Crippen LogP contribution in [-0.2, 0) is 14.8 Å². The van der Waals surface area contributed by atoms with Gasteiger partial charge in [-0.15, -0.1) is 0 Å².